The van der Waals surface area contributed by atoms with Crippen molar-refractivity contribution in [3.05, 3.63) is 99.0 Å². The Morgan fingerprint density at radius 3 is 2.52 bits per heavy atom. The van der Waals surface area contributed by atoms with Gasteiger partial charge in [0.05, 0.1) is 23.3 Å². The lowest BCUT2D eigenvalue weighted by atomic mass is 9.96. The molecule has 33 heavy (non-hydrogen) atoms. The third-order valence-corrected chi connectivity index (χ3v) is 6.81. The van der Waals surface area contributed by atoms with Crippen molar-refractivity contribution in [3.63, 3.8) is 0 Å². The van der Waals surface area contributed by atoms with E-state index in [0.29, 0.717) is 6.61 Å². The molecule has 0 saturated heterocycles. The van der Waals surface area contributed by atoms with Crippen LogP contribution in [0.25, 0.3) is 0 Å². The van der Waals surface area contributed by atoms with E-state index in [1.54, 1.807) is 13.2 Å². The third kappa shape index (κ3) is 4.27. The number of benzene rings is 3. The second-order valence-electron chi connectivity index (χ2n) is 7.82. The Morgan fingerprint density at radius 1 is 1.09 bits per heavy atom. The van der Waals surface area contributed by atoms with Crippen molar-refractivity contribution in [3.8, 4) is 17.2 Å². The maximum atomic E-state index is 6.53. The monoisotopic (exact) mass is 568 g/mol. The van der Waals surface area contributed by atoms with Crippen molar-refractivity contribution < 1.29 is 14.2 Å². The summed E-state index contributed by atoms with van der Waals surface area (Å²) in [6.07, 6.45) is 2.15. The highest BCUT2D eigenvalue weighted by Crippen LogP contribution is 2.51. The van der Waals surface area contributed by atoms with E-state index in [4.69, 9.17) is 19.3 Å². The van der Waals surface area contributed by atoms with Gasteiger partial charge in [0.1, 0.15) is 23.9 Å². The van der Waals surface area contributed by atoms with Crippen LogP contribution in [0.3, 0.4) is 0 Å². The Morgan fingerprint density at radius 2 is 1.82 bits per heavy atom. The first kappa shape index (κ1) is 22.0. The summed E-state index contributed by atoms with van der Waals surface area (Å²) >= 11 is 7.32. The molecule has 0 amide bonds. The third-order valence-electron chi connectivity index (χ3n) is 5.76. The molecule has 2 heterocycles. The Bertz CT molecular complexity index is 1210. The molecule has 3 aromatic rings. The van der Waals surface area contributed by atoms with Gasteiger partial charge in [-0.3, -0.25) is 0 Å². The zero-order chi connectivity index (χ0) is 22.9. The van der Waals surface area contributed by atoms with E-state index in [0.717, 1.165) is 55.0 Å². The van der Waals surface area contributed by atoms with Gasteiger partial charge < -0.3 is 14.2 Å². The number of hydrogen-bond acceptors (Lipinski definition) is 5. The summed E-state index contributed by atoms with van der Waals surface area (Å²) < 4.78 is 19.4. The van der Waals surface area contributed by atoms with Crippen molar-refractivity contribution >= 4 is 37.6 Å². The summed E-state index contributed by atoms with van der Waals surface area (Å²) in [5.74, 6) is 2.47. The van der Waals surface area contributed by atoms with Crippen molar-refractivity contribution in [1.29, 1.82) is 0 Å². The zero-order valence-electron chi connectivity index (χ0n) is 18.0. The van der Waals surface area contributed by atoms with E-state index in [9.17, 15) is 0 Å². The largest absolute Gasteiger partial charge is 0.497 e. The standard InChI is InChI=1S/C26H22Br2N2O3/c1-3-12-32-20-10-6-17(7-11-20)26-30-24(21-13-18(27)14-22(28)25(21)33-26)15-23(29-30)16-4-8-19(31-2)9-5-16/h3-11,13-14,24,26H,1,12,15H2,2H3. The summed E-state index contributed by atoms with van der Waals surface area (Å²) in [6.45, 7) is 4.17. The molecular weight excluding hydrogens is 548 g/mol. The predicted molar refractivity (Wildman–Crippen MR) is 136 cm³/mol. The van der Waals surface area contributed by atoms with Crippen LogP contribution < -0.4 is 14.2 Å². The summed E-state index contributed by atoms with van der Waals surface area (Å²) in [5, 5.41) is 7.10. The molecule has 5 nitrogen and oxygen atoms in total. The number of hydrogen-bond donors (Lipinski definition) is 0. The van der Waals surface area contributed by atoms with Gasteiger partial charge in [0.2, 0.25) is 6.23 Å². The molecule has 0 bridgehead atoms. The molecular formula is C26H22Br2N2O3. The van der Waals surface area contributed by atoms with Crippen LogP contribution in [0.15, 0.2) is 87.4 Å². The first-order chi connectivity index (χ1) is 16.1. The molecule has 5 rings (SSSR count). The van der Waals surface area contributed by atoms with Crippen LogP contribution in [-0.2, 0) is 0 Å². The van der Waals surface area contributed by atoms with Gasteiger partial charge in [0.25, 0.3) is 0 Å². The van der Waals surface area contributed by atoms with Gasteiger partial charge in [-0.05, 0) is 82.2 Å². The van der Waals surface area contributed by atoms with Crippen LogP contribution >= 0.6 is 31.9 Å². The zero-order valence-corrected chi connectivity index (χ0v) is 21.2. The van der Waals surface area contributed by atoms with Gasteiger partial charge in [-0.15, -0.1) is 0 Å². The van der Waals surface area contributed by atoms with Crippen molar-refractivity contribution in [2.24, 2.45) is 5.10 Å². The van der Waals surface area contributed by atoms with Gasteiger partial charge >= 0.3 is 0 Å². The first-order valence-corrected chi connectivity index (χ1v) is 12.2. The lowest BCUT2D eigenvalue weighted by Gasteiger charge is -2.38. The molecule has 0 N–H and O–H groups in total. The van der Waals surface area contributed by atoms with Crippen molar-refractivity contribution in [2.45, 2.75) is 18.7 Å². The Kier molecular flexibility index (Phi) is 6.17. The molecule has 2 aliphatic rings. The molecule has 0 aliphatic carbocycles. The Labute approximate surface area is 209 Å². The van der Waals surface area contributed by atoms with Gasteiger partial charge in [-0.25, -0.2) is 5.01 Å². The summed E-state index contributed by atoms with van der Waals surface area (Å²) in [4.78, 5) is 0. The maximum absolute atomic E-state index is 6.53. The number of rotatable bonds is 6. The number of hydrazone groups is 1. The molecule has 168 valence electrons. The van der Waals surface area contributed by atoms with Crippen LogP contribution in [0.2, 0.25) is 0 Å². The molecule has 3 aromatic carbocycles. The Balaban J connectivity index is 1.54. The molecule has 0 radical (unpaired) electrons. The average molecular weight is 570 g/mol. The van der Waals surface area contributed by atoms with E-state index in [1.807, 2.05) is 42.5 Å². The fourth-order valence-electron chi connectivity index (χ4n) is 4.18. The molecule has 0 fully saturated rings. The summed E-state index contributed by atoms with van der Waals surface area (Å²) in [6, 6.07) is 20.2. The van der Waals surface area contributed by atoms with Gasteiger partial charge in [0, 0.05) is 22.0 Å². The second-order valence-corrected chi connectivity index (χ2v) is 9.59. The van der Waals surface area contributed by atoms with E-state index >= 15 is 0 Å². The molecule has 0 aromatic heterocycles. The fourth-order valence-corrected chi connectivity index (χ4v) is 5.53. The van der Waals surface area contributed by atoms with Crippen LogP contribution in [0, 0.1) is 0 Å². The first-order valence-electron chi connectivity index (χ1n) is 10.6. The van der Waals surface area contributed by atoms with Crippen LogP contribution in [-0.4, -0.2) is 24.4 Å². The average Bonchev–Trinajstić information content (AvgIpc) is 3.29. The van der Waals surface area contributed by atoms with Crippen LogP contribution in [0.4, 0.5) is 0 Å². The molecule has 2 atom stereocenters. The molecule has 2 aliphatic heterocycles. The van der Waals surface area contributed by atoms with E-state index in [1.165, 1.54) is 0 Å². The number of halogens is 2. The van der Waals surface area contributed by atoms with Gasteiger partial charge in [-0.2, -0.15) is 5.10 Å². The normalized spacial score (nSPS) is 18.6. The molecule has 7 heteroatoms. The van der Waals surface area contributed by atoms with E-state index < -0.39 is 0 Å². The molecule has 0 spiro atoms. The highest BCUT2D eigenvalue weighted by atomic mass is 79.9. The van der Waals surface area contributed by atoms with Crippen LogP contribution in [0.1, 0.15) is 35.4 Å². The quantitative estimate of drug-likeness (QED) is 0.299. The van der Waals surface area contributed by atoms with Gasteiger partial charge in [-0.1, -0.05) is 28.6 Å². The Hall–Kier alpha value is -2.77. The molecule has 0 saturated carbocycles. The number of ether oxygens (including phenoxy) is 3. The minimum Gasteiger partial charge on any atom is -0.497 e. The minimum absolute atomic E-state index is 0.0568. The predicted octanol–water partition coefficient (Wildman–Crippen LogP) is 7.03. The number of nitrogens with zero attached hydrogens (tertiary/aromatic N) is 2. The maximum Gasteiger partial charge on any atom is 0.213 e. The van der Waals surface area contributed by atoms with Crippen molar-refractivity contribution in [2.75, 3.05) is 13.7 Å². The fraction of sp³-hybridized carbons (Fsp3) is 0.192. The number of fused-ring (bicyclic) bond motifs is 3. The van der Waals surface area contributed by atoms with Gasteiger partial charge in [0.15, 0.2) is 0 Å². The van der Waals surface area contributed by atoms with E-state index in [-0.39, 0.29) is 12.3 Å². The second kappa shape index (κ2) is 9.23. The summed E-state index contributed by atoms with van der Waals surface area (Å²) in [7, 11) is 1.67. The lowest BCUT2D eigenvalue weighted by Crippen LogP contribution is -2.33. The van der Waals surface area contributed by atoms with Crippen LogP contribution in [0.5, 0.6) is 17.2 Å². The smallest absolute Gasteiger partial charge is 0.213 e. The topological polar surface area (TPSA) is 43.3 Å². The summed E-state index contributed by atoms with van der Waals surface area (Å²) in [5.41, 5.74) is 4.20. The highest BCUT2D eigenvalue weighted by Gasteiger charge is 2.42. The SMILES string of the molecule is C=CCOc1ccc(C2Oc3c(Br)cc(Br)cc3C3CC(c4ccc(OC)cc4)=NN32)cc1. The lowest BCUT2D eigenvalue weighted by molar-refractivity contribution is -0.0197. The highest BCUT2D eigenvalue weighted by molar-refractivity contribution is 9.11. The van der Waals surface area contributed by atoms with Crippen molar-refractivity contribution in [1.82, 2.24) is 5.01 Å². The minimum atomic E-state index is -0.357. The number of methoxy groups -OCH3 is 1. The van der Waals surface area contributed by atoms with E-state index in [2.05, 4.69) is 61.6 Å². The molecule has 2 unspecified atom stereocenters.